The smallest absolute Gasteiger partial charge is 0.350 e. The lowest BCUT2D eigenvalue weighted by Crippen LogP contribution is -2.33. The predicted molar refractivity (Wildman–Crippen MR) is 57.1 cm³/mol. The molecule has 1 saturated heterocycles. The summed E-state index contributed by atoms with van der Waals surface area (Å²) in [6, 6.07) is 0. The molecule has 0 aromatic rings. The van der Waals surface area contributed by atoms with E-state index in [1.807, 2.05) is 0 Å². The lowest BCUT2D eigenvalue weighted by atomic mass is 10.2. The monoisotopic (exact) mass is 244 g/mol. The molecule has 1 heterocycles. The summed E-state index contributed by atoms with van der Waals surface area (Å²) in [6.45, 7) is 3.34. The molecule has 2 unspecified atom stereocenters. The standard InChI is InChI=1S/C11H16O6/c1-2-10(13)17-9(6-12)11(14)16-7-8-4-3-5-15-8/h2,8-9,12H,1,3-7H2. The van der Waals surface area contributed by atoms with E-state index in [2.05, 4.69) is 11.3 Å². The van der Waals surface area contributed by atoms with Crippen molar-refractivity contribution in [3.63, 3.8) is 0 Å². The molecule has 0 saturated carbocycles. The van der Waals surface area contributed by atoms with Crippen LogP contribution in [0.4, 0.5) is 0 Å². The second-order valence-electron chi connectivity index (χ2n) is 3.58. The SMILES string of the molecule is C=CC(=O)OC(CO)C(=O)OCC1CCCO1. The average molecular weight is 244 g/mol. The zero-order valence-corrected chi connectivity index (χ0v) is 9.46. The molecule has 0 amide bonds. The minimum atomic E-state index is -1.30. The molecule has 0 aromatic heterocycles. The number of rotatable bonds is 6. The summed E-state index contributed by atoms with van der Waals surface area (Å²) in [5.74, 6) is -1.56. The molecule has 96 valence electrons. The van der Waals surface area contributed by atoms with Crippen molar-refractivity contribution in [2.45, 2.75) is 25.0 Å². The van der Waals surface area contributed by atoms with E-state index in [4.69, 9.17) is 14.6 Å². The van der Waals surface area contributed by atoms with Crippen molar-refractivity contribution in [2.75, 3.05) is 19.8 Å². The molecule has 1 rings (SSSR count). The number of esters is 2. The van der Waals surface area contributed by atoms with E-state index in [1.54, 1.807) is 0 Å². The van der Waals surface area contributed by atoms with Crippen LogP contribution in [0.25, 0.3) is 0 Å². The van der Waals surface area contributed by atoms with Gasteiger partial charge in [-0.1, -0.05) is 6.58 Å². The molecule has 1 aliphatic heterocycles. The van der Waals surface area contributed by atoms with Crippen LogP contribution in [-0.4, -0.2) is 49.1 Å². The van der Waals surface area contributed by atoms with Crippen LogP contribution in [0.1, 0.15) is 12.8 Å². The highest BCUT2D eigenvalue weighted by Gasteiger charge is 2.25. The predicted octanol–water partition coefficient (Wildman–Crippen LogP) is -0.201. The number of hydrogen-bond acceptors (Lipinski definition) is 6. The van der Waals surface area contributed by atoms with Crippen LogP contribution in [-0.2, 0) is 23.8 Å². The Hall–Kier alpha value is -1.40. The molecular formula is C11H16O6. The Bertz CT molecular complexity index is 282. The fourth-order valence-electron chi connectivity index (χ4n) is 1.39. The summed E-state index contributed by atoms with van der Waals surface area (Å²) in [4.78, 5) is 22.3. The molecule has 0 bridgehead atoms. The molecular weight excluding hydrogens is 228 g/mol. The van der Waals surface area contributed by atoms with E-state index in [0.717, 1.165) is 18.9 Å². The van der Waals surface area contributed by atoms with Crippen LogP contribution < -0.4 is 0 Å². The number of carbonyl (C=O) groups is 2. The Morgan fingerprint density at radius 1 is 1.59 bits per heavy atom. The highest BCUT2D eigenvalue weighted by molar-refractivity contribution is 5.85. The van der Waals surface area contributed by atoms with E-state index >= 15 is 0 Å². The molecule has 6 heteroatoms. The minimum absolute atomic E-state index is 0.103. The maximum atomic E-state index is 11.4. The van der Waals surface area contributed by atoms with Gasteiger partial charge >= 0.3 is 11.9 Å². The molecule has 0 aliphatic carbocycles. The van der Waals surface area contributed by atoms with Gasteiger partial charge in [-0.3, -0.25) is 0 Å². The van der Waals surface area contributed by atoms with Crippen molar-refractivity contribution < 1.29 is 28.9 Å². The van der Waals surface area contributed by atoms with Crippen molar-refractivity contribution in [1.82, 2.24) is 0 Å². The Morgan fingerprint density at radius 2 is 2.35 bits per heavy atom. The van der Waals surface area contributed by atoms with Crippen LogP contribution in [0.5, 0.6) is 0 Å². The van der Waals surface area contributed by atoms with Crippen LogP contribution in [0.2, 0.25) is 0 Å². The van der Waals surface area contributed by atoms with Gasteiger partial charge in [0.05, 0.1) is 12.7 Å². The van der Waals surface area contributed by atoms with Crippen molar-refractivity contribution >= 4 is 11.9 Å². The summed E-state index contributed by atoms with van der Waals surface area (Å²) in [7, 11) is 0. The first-order chi connectivity index (χ1) is 8.17. The van der Waals surface area contributed by atoms with Crippen molar-refractivity contribution in [3.8, 4) is 0 Å². The van der Waals surface area contributed by atoms with Gasteiger partial charge in [0, 0.05) is 12.7 Å². The van der Waals surface area contributed by atoms with Gasteiger partial charge in [-0.15, -0.1) is 0 Å². The van der Waals surface area contributed by atoms with Crippen molar-refractivity contribution in [1.29, 1.82) is 0 Å². The van der Waals surface area contributed by atoms with Crippen LogP contribution in [0, 0.1) is 0 Å². The van der Waals surface area contributed by atoms with Crippen molar-refractivity contribution in [3.05, 3.63) is 12.7 Å². The molecule has 0 radical (unpaired) electrons. The third-order valence-corrected chi connectivity index (χ3v) is 2.29. The van der Waals surface area contributed by atoms with E-state index in [1.165, 1.54) is 0 Å². The third kappa shape index (κ3) is 4.54. The molecule has 17 heavy (non-hydrogen) atoms. The largest absolute Gasteiger partial charge is 0.460 e. The number of aliphatic hydroxyl groups excluding tert-OH is 1. The molecule has 6 nitrogen and oxygen atoms in total. The van der Waals surface area contributed by atoms with Gasteiger partial charge < -0.3 is 19.3 Å². The molecule has 0 aromatic carbocycles. The fourth-order valence-corrected chi connectivity index (χ4v) is 1.39. The Kier molecular flexibility index (Phi) is 5.65. The Morgan fingerprint density at radius 3 is 2.88 bits per heavy atom. The fraction of sp³-hybridized carbons (Fsp3) is 0.636. The van der Waals surface area contributed by atoms with E-state index in [0.29, 0.717) is 6.61 Å². The number of ether oxygens (including phenoxy) is 3. The number of carbonyl (C=O) groups excluding carboxylic acids is 2. The molecule has 1 aliphatic rings. The Balaban J connectivity index is 2.32. The maximum Gasteiger partial charge on any atom is 0.350 e. The molecule has 2 atom stereocenters. The van der Waals surface area contributed by atoms with Gasteiger partial charge in [0.25, 0.3) is 0 Å². The summed E-state index contributed by atoms with van der Waals surface area (Å²) in [5.41, 5.74) is 0. The van der Waals surface area contributed by atoms with Crippen molar-refractivity contribution in [2.24, 2.45) is 0 Å². The first-order valence-corrected chi connectivity index (χ1v) is 5.39. The lowest BCUT2D eigenvalue weighted by molar-refractivity contribution is -0.169. The van der Waals surface area contributed by atoms with Gasteiger partial charge in [0.1, 0.15) is 6.61 Å². The van der Waals surface area contributed by atoms with Crippen LogP contribution >= 0.6 is 0 Å². The Labute approximate surface area is 99.2 Å². The zero-order chi connectivity index (χ0) is 12.7. The molecule has 1 fully saturated rings. The normalized spacial score (nSPS) is 20.6. The van der Waals surface area contributed by atoms with Crippen LogP contribution in [0.15, 0.2) is 12.7 Å². The minimum Gasteiger partial charge on any atom is -0.460 e. The highest BCUT2D eigenvalue weighted by atomic mass is 16.6. The van der Waals surface area contributed by atoms with Gasteiger partial charge in [0.2, 0.25) is 6.10 Å². The molecule has 1 N–H and O–H groups in total. The summed E-state index contributed by atoms with van der Waals surface area (Å²) in [5, 5.41) is 8.89. The second-order valence-corrected chi connectivity index (χ2v) is 3.58. The maximum absolute atomic E-state index is 11.4. The average Bonchev–Trinajstić information content (AvgIpc) is 2.85. The first kappa shape index (κ1) is 13.7. The quantitative estimate of drug-likeness (QED) is 0.514. The summed E-state index contributed by atoms with van der Waals surface area (Å²) < 4.78 is 14.7. The number of hydrogen-bond donors (Lipinski definition) is 1. The van der Waals surface area contributed by atoms with Gasteiger partial charge in [-0.25, -0.2) is 9.59 Å². The van der Waals surface area contributed by atoms with Gasteiger partial charge in [0.15, 0.2) is 0 Å². The summed E-state index contributed by atoms with van der Waals surface area (Å²) >= 11 is 0. The highest BCUT2D eigenvalue weighted by Crippen LogP contribution is 2.12. The molecule has 0 spiro atoms. The van der Waals surface area contributed by atoms with E-state index < -0.39 is 24.6 Å². The number of aliphatic hydroxyl groups is 1. The first-order valence-electron chi connectivity index (χ1n) is 5.39. The lowest BCUT2D eigenvalue weighted by Gasteiger charge is -2.15. The van der Waals surface area contributed by atoms with Gasteiger partial charge in [-0.05, 0) is 12.8 Å². The topological polar surface area (TPSA) is 82.1 Å². The zero-order valence-electron chi connectivity index (χ0n) is 9.46. The third-order valence-electron chi connectivity index (χ3n) is 2.29. The van der Waals surface area contributed by atoms with E-state index in [-0.39, 0.29) is 12.7 Å². The van der Waals surface area contributed by atoms with Crippen LogP contribution in [0.3, 0.4) is 0 Å². The second kappa shape index (κ2) is 7.03. The van der Waals surface area contributed by atoms with E-state index in [9.17, 15) is 9.59 Å². The van der Waals surface area contributed by atoms with Gasteiger partial charge in [-0.2, -0.15) is 0 Å². The summed E-state index contributed by atoms with van der Waals surface area (Å²) in [6.07, 6.45) is 1.28.